The van der Waals surface area contributed by atoms with Gasteiger partial charge in [0.15, 0.2) is 0 Å². The lowest BCUT2D eigenvalue weighted by Crippen LogP contribution is -2.20. The fourth-order valence-corrected chi connectivity index (χ4v) is 2.51. The van der Waals surface area contributed by atoms with Gasteiger partial charge in [-0.05, 0) is 34.9 Å². The molecule has 94 valence electrons. The maximum atomic E-state index is 2.37. The highest BCUT2D eigenvalue weighted by molar-refractivity contribution is 5.68. The Morgan fingerprint density at radius 2 is 1.33 bits per heavy atom. The molecule has 2 aromatic carbocycles. The Hall–Kier alpha value is -1.56. The van der Waals surface area contributed by atoms with Gasteiger partial charge in [-0.3, -0.25) is 0 Å². The van der Waals surface area contributed by atoms with Crippen LogP contribution in [0.5, 0.6) is 0 Å². The van der Waals surface area contributed by atoms with Crippen LogP contribution in [0.25, 0.3) is 11.1 Å². The number of rotatable bonds is 4. The second kappa shape index (κ2) is 5.39. The standard InChI is InChI=1S/C18H22/c1-4-18(3,5-2)17-14-10-9-13-16(17)15-11-7-6-8-12-15/h6-14H,4-5H2,1-3H3. The minimum Gasteiger partial charge on any atom is -0.0645 e. The van der Waals surface area contributed by atoms with Gasteiger partial charge in [0.05, 0.1) is 0 Å². The zero-order chi connectivity index (χ0) is 13.0. The van der Waals surface area contributed by atoms with E-state index in [0.717, 1.165) is 0 Å². The van der Waals surface area contributed by atoms with Crippen molar-refractivity contribution in [2.45, 2.75) is 39.0 Å². The molecule has 0 saturated carbocycles. The van der Waals surface area contributed by atoms with Crippen LogP contribution in [0.4, 0.5) is 0 Å². The molecule has 2 aromatic rings. The highest BCUT2D eigenvalue weighted by atomic mass is 14.3. The van der Waals surface area contributed by atoms with E-state index in [4.69, 9.17) is 0 Å². The van der Waals surface area contributed by atoms with Gasteiger partial charge in [0, 0.05) is 0 Å². The minimum absolute atomic E-state index is 0.270. The van der Waals surface area contributed by atoms with Crippen molar-refractivity contribution in [3.63, 3.8) is 0 Å². The summed E-state index contributed by atoms with van der Waals surface area (Å²) in [5.74, 6) is 0. The van der Waals surface area contributed by atoms with Crippen LogP contribution in [0.3, 0.4) is 0 Å². The van der Waals surface area contributed by atoms with E-state index in [1.165, 1.54) is 29.5 Å². The summed E-state index contributed by atoms with van der Waals surface area (Å²) < 4.78 is 0. The first-order valence-corrected chi connectivity index (χ1v) is 6.86. The first kappa shape index (κ1) is 12.9. The average molecular weight is 238 g/mol. The minimum atomic E-state index is 0.270. The first-order valence-electron chi connectivity index (χ1n) is 6.86. The van der Waals surface area contributed by atoms with E-state index < -0.39 is 0 Å². The Labute approximate surface area is 111 Å². The molecule has 0 nitrogen and oxygen atoms in total. The van der Waals surface area contributed by atoms with Crippen LogP contribution in [0.2, 0.25) is 0 Å². The number of hydrogen-bond donors (Lipinski definition) is 0. The molecule has 18 heavy (non-hydrogen) atoms. The molecule has 0 aliphatic heterocycles. The van der Waals surface area contributed by atoms with E-state index >= 15 is 0 Å². The molecule has 0 saturated heterocycles. The Morgan fingerprint density at radius 1 is 0.778 bits per heavy atom. The van der Waals surface area contributed by atoms with Gasteiger partial charge in [-0.15, -0.1) is 0 Å². The van der Waals surface area contributed by atoms with Gasteiger partial charge in [-0.2, -0.15) is 0 Å². The zero-order valence-corrected chi connectivity index (χ0v) is 11.6. The summed E-state index contributed by atoms with van der Waals surface area (Å²) in [6, 6.07) is 19.5. The molecule has 0 amide bonds. The third kappa shape index (κ3) is 2.33. The normalized spacial score (nSPS) is 11.5. The number of hydrogen-bond acceptors (Lipinski definition) is 0. The van der Waals surface area contributed by atoms with Crippen molar-refractivity contribution in [1.29, 1.82) is 0 Å². The molecule has 0 bridgehead atoms. The fourth-order valence-electron chi connectivity index (χ4n) is 2.51. The molecule has 0 radical (unpaired) electrons. The average Bonchev–Trinajstić information content (AvgIpc) is 2.47. The second-order valence-corrected chi connectivity index (χ2v) is 5.18. The molecule has 0 heteroatoms. The predicted molar refractivity (Wildman–Crippen MR) is 79.8 cm³/mol. The van der Waals surface area contributed by atoms with Gasteiger partial charge in [-0.1, -0.05) is 75.4 Å². The van der Waals surface area contributed by atoms with Gasteiger partial charge in [0.25, 0.3) is 0 Å². The van der Waals surface area contributed by atoms with E-state index in [9.17, 15) is 0 Å². The van der Waals surface area contributed by atoms with Crippen molar-refractivity contribution < 1.29 is 0 Å². The number of benzene rings is 2. The van der Waals surface area contributed by atoms with Crippen LogP contribution >= 0.6 is 0 Å². The molecule has 0 unspecified atom stereocenters. The maximum Gasteiger partial charge on any atom is -0.00743 e. The van der Waals surface area contributed by atoms with E-state index in [-0.39, 0.29) is 5.41 Å². The summed E-state index contributed by atoms with van der Waals surface area (Å²) in [7, 11) is 0. The Balaban J connectivity index is 2.57. The van der Waals surface area contributed by atoms with Gasteiger partial charge in [0.2, 0.25) is 0 Å². The van der Waals surface area contributed by atoms with E-state index in [1.807, 2.05) is 0 Å². The van der Waals surface area contributed by atoms with Crippen LogP contribution in [-0.4, -0.2) is 0 Å². The SMILES string of the molecule is CCC(C)(CC)c1ccccc1-c1ccccc1. The molecular formula is C18H22. The van der Waals surface area contributed by atoms with Crippen molar-refractivity contribution >= 4 is 0 Å². The lowest BCUT2D eigenvalue weighted by Gasteiger charge is -2.30. The first-order chi connectivity index (χ1) is 8.71. The topological polar surface area (TPSA) is 0 Å². The zero-order valence-electron chi connectivity index (χ0n) is 11.6. The maximum absolute atomic E-state index is 2.37. The molecular weight excluding hydrogens is 216 g/mol. The van der Waals surface area contributed by atoms with E-state index in [2.05, 4.69) is 75.4 Å². The molecule has 0 N–H and O–H groups in total. The van der Waals surface area contributed by atoms with Crippen molar-refractivity contribution in [3.05, 3.63) is 60.2 Å². The fraction of sp³-hybridized carbons (Fsp3) is 0.333. The Bertz CT molecular complexity index is 492. The molecule has 0 spiro atoms. The predicted octanol–water partition coefficient (Wildman–Crippen LogP) is 5.43. The molecule has 0 atom stereocenters. The summed E-state index contributed by atoms with van der Waals surface area (Å²) in [4.78, 5) is 0. The quantitative estimate of drug-likeness (QED) is 0.666. The monoisotopic (exact) mass is 238 g/mol. The van der Waals surface area contributed by atoms with Crippen molar-refractivity contribution in [2.24, 2.45) is 0 Å². The molecule has 0 aliphatic carbocycles. The third-order valence-corrected chi connectivity index (χ3v) is 4.22. The smallest absolute Gasteiger partial charge is 0.00743 e. The highest BCUT2D eigenvalue weighted by Crippen LogP contribution is 2.37. The summed E-state index contributed by atoms with van der Waals surface area (Å²) in [5.41, 5.74) is 4.44. The van der Waals surface area contributed by atoms with Gasteiger partial charge in [0.1, 0.15) is 0 Å². The highest BCUT2D eigenvalue weighted by Gasteiger charge is 2.24. The van der Waals surface area contributed by atoms with Crippen LogP contribution in [0, 0.1) is 0 Å². The van der Waals surface area contributed by atoms with E-state index in [0.29, 0.717) is 0 Å². The summed E-state index contributed by atoms with van der Waals surface area (Å²) >= 11 is 0. The van der Waals surface area contributed by atoms with E-state index in [1.54, 1.807) is 0 Å². The molecule has 2 rings (SSSR count). The molecule has 0 heterocycles. The van der Waals surface area contributed by atoms with Crippen molar-refractivity contribution in [2.75, 3.05) is 0 Å². The van der Waals surface area contributed by atoms with Crippen LogP contribution in [0.1, 0.15) is 39.2 Å². The van der Waals surface area contributed by atoms with Crippen molar-refractivity contribution in [3.8, 4) is 11.1 Å². The summed E-state index contributed by atoms with van der Waals surface area (Å²) in [5, 5.41) is 0. The Kier molecular flexibility index (Phi) is 3.86. The van der Waals surface area contributed by atoms with Gasteiger partial charge in [-0.25, -0.2) is 0 Å². The van der Waals surface area contributed by atoms with Crippen LogP contribution in [-0.2, 0) is 5.41 Å². The molecule has 0 fully saturated rings. The lowest BCUT2D eigenvalue weighted by atomic mass is 9.75. The van der Waals surface area contributed by atoms with Gasteiger partial charge >= 0.3 is 0 Å². The molecule has 0 aromatic heterocycles. The Morgan fingerprint density at radius 3 is 1.94 bits per heavy atom. The van der Waals surface area contributed by atoms with Gasteiger partial charge < -0.3 is 0 Å². The van der Waals surface area contributed by atoms with Crippen LogP contribution < -0.4 is 0 Å². The van der Waals surface area contributed by atoms with Crippen molar-refractivity contribution in [1.82, 2.24) is 0 Å². The second-order valence-electron chi connectivity index (χ2n) is 5.18. The molecule has 0 aliphatic rings. The lowest BCUT2D eigenvalue weighted by molar-refractivity contribution is 0.440. The summed E-state index contributed by atoms with van der Waals surface area (Å²) in [6.45, 7) is 6.94. The van der Waals surface area contributed by atoms with Crippen LogP contribution in [0.15, 0.2) is 54.6 Å². The third-order valence-electron chi connectivity index (χ3n) is 4.22. The summed E-state index contributed by atoms with van der Waals surface area (Å²) in [6.07, 6.45) is 2.35. The largest absolute Gasteiger partial charge is 0.0645 e.